The summed E-state index contributed by atoms with van der Waals surface area (Å²) in [5.41, 5.74) is 0.329. The molecule has 0 radical (unpaired) electrons. The second-order valence-corrected chi connectivity index (χ2v) is 5.68. The van der Waals surface area contributed by atoms with Gasteiger partial charge in [0.25, 0.3) is 0 Å². The van der Waals surface area contributed by atoms with Gasteiger partial charge in [-0.05, 0) is 30.3 Å². The van der Waals surface area contributed by atoms with Crippen LogP contribution in [0.5, 0.6) is 11.5 Å². The first kappa shape index (κ1) is 13.9. The number of halogens is 1. The SMILES string of the molecule is O=Cc1ccc(Sc2ccc3c(c2)OCCCO3)c(F)c1. The van der Waals surface area contributed by atoms with E-state index in [1.807, 2.05) is 18.2 Å². The maximum absolute atomic E-state index is 13.9. The van der Waals surface area contributed by atoms with Gasteiger partial charge in [0.2, 0.25) is 0 Å². The number of benzene rings is 2. The standard InChI is InChI=1S/C16H13FO3S/c17-13-8-11(10-18)2-5-16(13)21-12-3-4-14-15(9-12)20-7-1-6-19-14/h2-5,8-10H,1,6-7H2. The fraction of sp³-hybridized carbons (Fsp3) is 0.188. The van der Waals surface area contributed by atoms with Gasteiger partial charge in [-0.25, -0.2) is 4.39 Å². The van der Waals surface area contributed by atoms with E-state index >= 15 is 0 Å². The second-order valence-electron chi connectivity index (χ2n) is 4.57. The predicted molar refractivity (Wildman–Crippen MR) is 78.0 cm³/mol. The van der Waals surface area contributed by atoms with Crippen molar-refractivity contribution >= 4 is 18.0 Å². The Hall–Kier alpha value is -2.01. The molecule has 21 heavy (non-hydrogen) atoms. The molecule has 0 fully saturated rings. The maximum atomic E-state index is 13.9. The van der Waals surface area contributed by atoms with Crippen molar-refractivity contribution in [3.8, 4) is 11.5 Å². The molecule has 0 bridgehead atoms. The Morgan fingerprint density at radius 2 is 1.86 bits per heavy atom. The molecule has 108 valence electrons. The lowest BCUT2D eigenvalue weighted by Crippen LogP contribution is -1.97. The first-order chi connectivity index (χ1) is 10.3. The number of aldehydes is 1. The van der Waals surface area contributed by atoms with E-state index in [1.54, 1.807) is 12.1 Å². The van der Waals surface area contributed by atoms with Crippen molar-refractivity contribution in [2.24, 2.45) is 0 Å². The molecule has 1 aliphatic rings. The molecular formula is C16H13FO3S. The van der Waals surface area contributed by atoms with Crippen LogP contribution in [0.3, 0.4) is 0 Å². The first-order valence-electron chi connectivity index (χ1n) is 6.58. The van der Waals surface area contributed by atoms with E-state index in [9.17, 15) is 9.18 Å². The highest BCUT2D eigenvalue weighted by molar-refractivity contribution is 7.99. The van der Waals surface area contributed by atoms with Gasteiger partial charge in [0.15, 0.2) is 11.5 Å². The van der Waals surface area contributed by atoms with E-state index < -0.39 is 5.82 Å². The van der Waals surface area contributed by atoms with Crippen LogP contribution in [-0.2, 0) is 0 Å². The minimum absolute atomic E-state index is 0.329. The van der Waals surface area contributed by atoms with Crippen LogP contribution < -0.4 is 9.47 Å². The Bertz CT molecular complexity index is 673. The van der Waals surface area contributed by atoms with Crippen molar-refractivity contribution in [1.82, 2.24) is 0 Å². The molecule has 0 amide bonds. The van der Waals surface area contributed by atoms with Gasteiger partial charge >= 0.3 is 0 Å². The van der Waals surface area contributed by atoms with E-state index in [1.165, 1.54) is 17.8 Å². The van der Waals surface area contributed by atoms with Crippen LogP contribution in [0.15, 0.2) is 46.2 Å². The Labute approximate surface area is 126 Å². The summed E-state index contributed by atoms with van der Waals surface area (Å²) in [7, 11) is 0. The van der Waals surface area contributed by atoms with Crippen molar-refractivity contribution in [2.75, 3.05) is 13.2 Å². The molecule has 1 heterocycles. The first-order valence-corrected chi connectivity index (χ1v) is 7.40. The van der Waals surface area contributed by atoms with Gasteiger partial charge in [0, 0.05) is 21.8 Å². The molecule has 1 aliphatic heterocycles. The highest BCUT2D eigenvalue weighted by atomic mass is 32.2. The molecular weight excluding hydrogens is 291 g/mol. The minimum Gasteiger partial charge on any atom is -0.490 e. The van der Waals surface area contributed by atoms with Gasteiger partial charge in [-0.15, -0.1) is 0 Å². The van der Waals surface area contributed by atoms with Crippen LogP contribution in [0.25, 0.3) is 0 Å². The molecule has 5 heteroatoms. The third-order valence-electron chi connectivity index (χ3n) is 3.04. The number of carbonyl (C=O) groups is 1. The zero-order valence-corrected chi connectivity index (χ0v) is 12.0. The average molecular weight is 304 g/mol. The Kier molecular flexibility index (Phi) is 4.10. The van der Waals surface area contributed by atoms with Crippen LogP contribution in [-0.4, -0.2) is 19.5 Å². The predicted octanol–water partition coefficient (Wildman–Crippen LogP) is 3.95. The topological polar surface area (TPSA) is 35.5 Å². The summed E-state index contributed by atoms with van der Waals surface area (Å²) in [5.74, 6) is 0.993. The quantitative estimate of drug-likeness (QED) is 0.804. The van der Waals surface area contributed by atoms with Gasteiger partial charge < -0.3 is 9.47 Å². The number of carbonyl (C=O) groups excluding carboxylic acids is 1. The molecule has 3 nitrogen and oxygen atoms in total. The highest BCUT2D eigenvalue weighted by Crippen LogP contribution is 2.37. The van der Waals surface area contributed by atoms with Gasteiger partial charge in [-0.1, -0.05) is 17.8 Å². The van der Waals surface area contributed by atoms with E-state index in [0.717, 1.165) is 11.3 Å². The number of ether oxygens (including phenoxy) is 2. The smallest absolute Gasteiger partial charge is 0.162 e. The Morgan fingerprint density at radius 3 is 2.62 bits per heavy atom. The van der Waals surface area contributed by atoms with Crippen LogP contribution in [0, 0.1) is 5.82 Å². The van der Waals surface area contributed by atoms with Gasteiger partial charge in [0.1, 0.15) is 12.1 Å². The molecule has 0 unspecified atom stereocenters. The molecule has 3 rings (SSSR count). The zero-order chi connectivity index (χ0) is 14.7. The third-order valence-corrected chi connectivity index (χ3v) is 4.08. The van der Waals surface area contributed by atoms with Gasteiger partial charge in [-0.2, -0.15) is 0 Å². The molecule has 0 N–H and O–H groups in total. The molecule has 0 aliphatic carbocycles. The normalized spacial score (nSPS) is 13.6. The summed E-state index contributed by atoms with van der Waals surface area (Å²) in [5, 5.41) is 0. The average Bonchev–Trinajstić information content (AvgIpc) is 2.74. The fourth-order valence-electron chi connectivity index (χ4n) is 2.01. The number of hydrogen-bond acceptors (Lipinski definition) is 4. The van der Waals surface area contributed by atoms with Crippen molar-refractivity contribution in [3.63, 3.8) is 0 Å². The molecule has 0 atom stereocenters. The van der Waals surface area contributed by atoms with Crippen LogP contribution >= 0.6 is 11.8 Å². The lowest BCUT2D eigenvalue weighted by Gasteiger charge is -2.09. The van der Waals surface area contributed by atoms with E-state index in [4.69, 9.17) is 9.47 Å². The Balaban J connectivity index is 1.85. The summed E-state index contributed by atoms with van der Waals surface area (Å²) >= 11 is 1.29. The molecule has 2 aromatic carbocycles. The largest absolute Gasteiger partial charge is 0.490 e. The molecule has 0 spiro atoms. The van der Waals surface area contributed by atoms with E-state index in [0.29, 0.717) is 41.5 Å². The van der Waals surface area contributed by atoms with E-state index in [2.05, 4.69) is 0 Å². The van der Waals surface area contributed by atoms with Crippen LogP contribution in [0.4, 0.5) is 4.39 Å². The monoisotopic (exact) mass is 304 g/mol. The summed E-state index contributed by atoms with van der Waals surface area (Å²) in [6.45, 7) is 1.25. The maximum Gasteiger partial charge on any atom is 0.162 e. The van der Waals surface area contributed by atoms with Crippen LogP contribution in [0.2, 0.25) is 0 Å². The van der Waals surface area contributed by atoms with Crippen molar-refractivity contribution in [3.05, 3.63) is 47.8 Å². The lowest BCUT2D eigenvalue weighted by molar-refractivity contribution is 0.112. The zero-order valence-electron chi connectivity index (χ0n) is 11.2. The number of fused-ring (bicyclic) bond motifs is 1. The van der Waals surface area contributed by atoms with Crippen molar-refractivity contribution < 1.29 is 18.7 Å². The molecule has 0 saturated heterocycles. The minimum atomic E-state index is -0.406. The fourth-order valence-corrected chi connectivity index (χ4v) is 2.86. The molecule has 2 aromatic rings. The number of rotatable bonds is 3. The summed E-state index contributed by atoms with van der Waals surface area (Å²) in [6, 6.07) is 9.98. The van der Waals surface area contributed by atoms with Crippen molar-refractivity contribution in [2.45, 2.75) is 16.2 Å². The van der Waals surface area contributed by atoms with Gasteiger partial charge in [0.05, 0.1) is 13.2 Å². The second kappa shape index (κ2) is 6.18. The summed E-state index contributed by atoms with van der Waals surface area (Å²) in [6.07, 6.45) is 1.48. The number of hydrogen-bond donors (Lipinski definition) is 0. The molecule has 0 aromatic heterocycles. The Morgan fingerprint density at radius 1 is 1.05 bits per heavy atom. The van der Waals surface area contributed by atoms with Crippen LogP contribution in [0.1, 0.15) is 16.8 Å². The summed E-state index contributed by atoms with van der Waals surface area (Å²) in [4.78, 5) is 11.9. The van der Waals surface area contributed by atoms with E-state index in [-0.39, 0.29) is 0 Å². The summed E-state index contributed by atoms with van der Waals surface area (Å²) < 4.78 is 25.1. The highest BCUT2D eigenvalue weighted by Gasteiger charge is 2.12. The third kappa shape index (κ3) is 3.19. The molecule has 0 saturated carbocycles. The lowest BCUT2D eigenvalue weighted by atomic mass is 10.2. The van der Waals surface area contributed by atoms with Gasteiger partial charge in [-0.3, -0.25) is 4.79 Å². The van der Waals surface area contributed by atoms with Crippen molar-refractivity contribution in [1.29, 1.82) is 0 Å².